The number of carbonyl (C=O) groups excluding carboxylic acids is 3. The van der Waals surface area contributed by atoms with Gasteiger partial charge in [0, 0.05) is 17.0 Å². The maximum atomic E-state index is 13.2. The smallest absolute Gasteiger partial charge is 0.341 e. The molecule has 0 radical (unpaired) electrons. The monoisotopic (exact) mass is 435 g/mol. The van der Waals surface area contributed by atoms with E-state index >= 15 is 0 Å². The number of rotatable bonds is 7. The Morgan fingerprint density at radius 1 is 1.10 bits per heavy atom. The molecule has 7 nitrogen and oxygen atoms in total. The molecule has 3 rings (SSSR count). The highest BCUT2D eigenvalue weighted by atomic mass is 32.1. The van der Waals surface area contributed by atoms with Crippen molar-refractivity contribution in [3.63, 3.8) is 0 Å². The van der Waals surface area contributed by atoms with Crippen molar-refractivity contribution in [1.82, 2.24) is 0 Å². The van der Waals surface area contributed by atoms with Crippen LogP contribution in [0.4, 0.5) is 13.8 Å². The molecule has 3 aromatic rings. The van der Waals surface area contributed by atoms with Gasteiger partial charge in [-0.1, -0.05) is 0 Å². The fourth-order valence-electron chi connectivity index (χ4n) is 2.52. The first-order valence-corrected chi connectivity index (χ1v) is 9.52. The molecule has 0 bridgehead atoms. The third kappa shape index (κ3) is 4.90. The molecule has 0 unspecified atom stereocenters. The van der Waals surface area contributed by atoms with Crippen molar-refractivity contribution in [1.29, 1.82) is 0 Å². The van der Waals surface area contributed by atoms with E-state index in [2.05, 4.69) is 5.32 Å². The highest BCUT2D eigenvalue weighted by molar-refractivity contribution is 7.15. The Bertz CT molecular complexity index is 1060. The summed E-state index contributed by atoms with van der Waals surface area (Å²) in [5, 5.41) is 4.27. The Morgan fingerprint density at radius 2 is 1.83 bits per heavy atom. The molecule has 1 amide bonds. The zero-order chi connectivity index (χ0) is 21.7. The minimum Gasteiger partial charge on any atom is -0.464 e. The van der Waals surface area contributed by atoms with Crippen LogP contribution in [0.1, 0.15) is 27.6 Å². The summed E-state index contributed by atoms with van der Waals surface area (Å²) >= 11 is 1.06. The molecule has 0 aliphatic rings. The summed E-state index contributed by atoms with van der Waals surface area (Å²) in [6, 6.07) is 5.48. The van der Waals surface area contributed by atoms with Crippen molar-refractivity contribution >= 4 is 34.2 Å². The molecule has 10 heteroatoms. The minimum atomic E-state index is -1.07. The van der Waals surface area contributed by atoms with Crippen LogP contribution < -0.4 is 5.32 Å². The molecule has 1 aromatic carbocycles. The van der Waals surface area contributed by atoms with Gasteiger partial charge >= 0.3 is 11.9 Å². The maximum Gasteiger partial charge on any atom is 0.341 e. The van der Waals surface area contributed by atoms with E-state index in [9.17, 15) is 23.2 Å². The number of nitrogens with one attached hydrogen (secondary N) is 1. The van der Waals surface area contributed by atoms with Gasteiger partial charge in [0.2, 0.25) is 0 Å². The van der Waals surface area contributed by atoms with Crippen molar-refractivity contribution in [2.45, 2.75) is 6.92 Å². The summed E-state index contributed by atoms with van der Waals surface area (Å²) in [6.07, 6.45) is 1.44. The lowest BCUT2D eigenvalue weighted by molar-refractivity contribution is -0.119. The largest absolute Gasteiger partial charge is 0.464 e. The van der Waals surface area contributed by atoms with Gasteiger partial charge in [-0.25, -0.2) is 18.4 Å². The van der Waals surface area contributed by atoms with Gasteiger partial charge in [0.1, 0.15) is 28.0 Å². The summed E-state index contributed by atoms with van der Waals surface area (Å²) in [4.78, 5) is 36.5. The molecule has 0 saturated heterocycles. The Labute approximate surface area is 173 Å². The third-order valence-electron chi connectivity index (χ3n) is 3.74. The van der Waals surface area contributed by atoms with Gasteiger partial charge in [-0.05, 0) is 31.2 Å². The lowest BCUT2D eigenvalue weighted by Gasteiger charge is -2.08. The number of anilines is 1. The van der Waals surface area contributed by atoms with Crippen LogP contribution in [0.25, 0.3) is 11.3 Å². The van der Waals surface area contributed by atoms with E-state index < -0.39 is 36.1 Å². The summed E-state index contributed by atoms with van der Waals surface area (Å²) in [5.74, 6) is -3.97. The molecule has 0 aliphatic heterocycles. The van der Waals surface area contributed by atoms with E-state index in [1.54, 1.807) is 24.4 Å². The van der Waals surface area contributed by atoms with Crippen LogP contribution in [0.15, 0.2) is 46.4 Å². The minimum absolute atomic E-state index is 0.101. The topological polar surface area (TPSA) is 94.8 Å². The van der Waals surface area contributed by atoms with Gasteiger partial charge in [-0.2, -0.15) is 0 Å². The van der Waals surface area contributed by atoms with E-state index in [1.807, 2.05) is 0 Å². The molecular weight excluding hydrogens is 420 g/mol. The van der Waals surface area contributed by atoms with Gasteiger partial charge in [0.05, 0.1) is 18.4 Å². The van der Waals surface area contributed by atoms with E-state index in [-0.39, 0.29) is 22.7 Å². The molecule has 0 spiro atoms. The predicted octanol–water partition coefficient (Wildman–Crippen LogP) is 4.26. The standard InChI is InChI=1S/C20H15F2NO6S/c1-2-27-20(26)17-14(15-4-3-5-28-15)10-30-18(17)23-16(24)9-29-19(25)11-6-12(21)8-13(22)7-11/h3-8,10H,2,9H2,1H3,(H,23,24). The SMILES string of the molecule is CCOC(=O)c1c(-c2ccco2)csc1NC(=O)COC(=O)c1cc(F)cc(F)c1. The lowest BCUT2D eigenvalue weighted by Crippen LogP contribution is -2.22. The van der Waals surface area contributed by atoms with Crippen molar-refractivity contribution in [2.75, 3.05) is 18.5 Å². The number of amides is 1. The van der Waals surface area contributed by atoms with Gasteiger partial charge < -0.3 is 19.2 Å². The first-order chi connectivity index (χ1) is 14.4. The van der Waals surface area contributed by atoms with Crippen molar-refractivity contribution in [3.8, 4) is 11.3 Å². The summed E-state index contributed by atoms with van der Waals surface area (Å²) in [7, 11) is 0. The number of ether oxygens (including phenoxy) is 2. The number of halogens is 2. The average molecular weight is 435 g/mol. The number of hydrogen-bond acceptors (Lipinski definition) is 7. The molecule has 156 valence electrons. The van der Waals surface area contributed by atoms with Crippen molar-refractivity contribution < 1.29 is 37.1 Å². The Balaban J connectivity index is 1.72. The molecule has 0 atom stereocenters. The van der Waals surface area contributed by atoms with Crippen LogP contribution in [-0.2, 0) is 14.3 Å². The lowest BCUT2D eigenvalue weighted by atomic mass is 10.1. The van der Waals surface area contributed by atoms with Crippen LogP contribution in [0, 0.1) is 11.6 Å². The van der Waals surface area contributed by atoms with Crippen LogP contribution in [-0.4, -0.2) is 31.1 Å². The van der Waals surface area contributed by atoms with Gasteiger partial charge in [0.15, 0.2) is 6.61 Å². The number of esters is 2. The molecule has 0 aliphatic carbocycles. The Hall–Kier alpha value is -3.53. The van der Waals surface area contributed by atoms with E-state index in [4.69, 9.17) is 13.9 Å². The molecule has 2 heterocycles. The normalized spacial score (nSPS) is 10.5. The number of thiophene rings is 1. The van der Waals surface area contributed by atoms with Crippen LogP contribution >= 0.6 is 11.3 Å². The second-order valence-corrected chi connectivity index (χ2v) is 6.71. The quantitative estimate of drug-likeness (QED) is 0.558. The summed E-state index contributed by atoms with van der Waals surface area (Å²) < 4.78 is 41.5. The zero-order valence-corrected chi connectivity index (χ0v) is 16.4. The Morgan fingerprint density at radius 3 is 2.47 bits per heavy atom. The second-order valence-electron chi connectivity index (χ2n) is 5.83. The highest BCUT2D eigenvalue weighted by Crippen LogP contribution is 2.36. The van der Waals surface area contributed by atoms with Crippen LogP contribution in [0.2, 0.25) is 0 Å². The summed E-state index contributed by atoms with van der Waals surface area (Å²) in [6.45, 7) is 1.04. The van der Waals surface area contributed by atoms with E-state index in [1.165, 1.54) is 6.26 Å². The highest BCUT2D eigenvalue weighted by Gasteiger charge is 2.24. The third-order valence-corrected chi connectivity index (χ3v) is 4.64. The fraction of sp³-hybridized carbons (Fsp3) is 0.150. The average Bonchev–Trinajstić information content (AvgIpc) is 3.35. The fourth-order valence-corrected chi connectivity index (χ4v) is 3.47. The number of hydrogen-bond donors (Lipinski definition) is 1. The second kappa shape index (κ2) is 9.31. The maximum absolute atomic E-state index is 13.2. The molecular formula is C20H15F2NO6S. The van der Waals surface area contributed by atoms with Crippen molar-refractivity contribution in [3.05, 3.63) is 64.7 Å². The molecule has 30 heavy (non-hydrogen) atoms. The first kappa shape index (κ1) is 21.2. The number of carbonyl (C=O) groups is 3. The van der Waals surface area contributed by atoms with E-state index in [0.29, 0.717) is 17.4 Å². The van der Waals surface area contributed by atoms with Crippen molar-refractivity contribution in [2.24, 2.45) is 0 Å². The van der Waals surface area contributed by atoms with Crippen LogP contribution in [0.3, 0.4) is 0 Å². The summed E-state index contributed by atoms with van der Waals surface area (Å²) in [5.41, 5.74) is 0.165. The molecule has 1 N–H and O–H groups in total. The van der Waals surface area contributed by atoms with Gasteiger partial charge in [-0.15, -0.1) is 11.3 Å². The van der Waals surface area contributed by atoms with Gasteiger partial charge in [-0.3, -0.25) is 4.79 Å². The Kier molecular flexibility index (Phi) is 6.58. The molecule has 0 fully saturated rings. The number of furan rings is 1. The predicted molar refractivity (Wildman–Crippen MR) is 103 cm³/mol. The van der Waals surface area contributed by atoms with Gasteiger partial charge in [0.25, 0.3) is 5.91 Å². The molecule has 0 saturated carbocycles. The first-order valence-electron chi connectivity index (χ1n) is 8.64. The van der Waals surface area contributed by atoms with Crippen LogP contribution in [0.5, 0.6) is 0 Å². The number of benzene rings is 1. The zero-order valence-electron chi connectivity index (χ0n) is 15.6. The molecule has 2 aromatic heterocycles. The van der Waals surface area contributed by atoms with E-state index in [0.717, 1.165) is 23.5 Å².